The fourth-order valence-corrected chi connectivity index (χ4v) is 9.40. The second-order valence-corrected chi connectivity index (χ2v) is 15.2. The highest BCUT2D eigenvalue weighted by molar-refractivity contribution is 6.12. The summed E-state index contributed by atoms with van der Waals surface area (Å²) in [5, 5.41) is 5.90. The molecule has 4 heterocycles. The summed E-state index contributed by atoms with van der Waals surface area (Å²) in [6.07, 6.45) is 2.37. The summed E-state index contributed by atoms with van der Waals surface area (Å²) < 4.78 is 12.2. The number of allylic oxidation sites excluding steroid dienone is 1. The molecule has 0 aliphatic heterocycles. The number of hydrogen-bond donors (Lipinski definition) is 0. The van der Waals surface area contributed by atoms with E-state index in [1.165, 1.54) is 49.3 Å². The maximum absolute atomic E-state index is 7.18. The van der Waals surface area contributed by atoms with Crippen molar-refractivity contribution in [3.63, 3.8) is 0 Å². The first-order valence-corrected chi connectivity index (χ1v) is 19.8. The average Bonchev–Trinajstić information content (AvgIpc) is 3.94. The zero-order valence-corrected chi connectivity index (χ0v) is 31.6. The minimum absolute atomic E-state index is 0.00137. The van der Waals surface area contributed by atoms with E-state index in [2.05, 4.69) is 137 Å². The first kappa shape index (κ1) is 32.7. The van der Waals surface area contributed by atoms with Crippen molar-refractivity contribution < 1.29 is 4.42 Å². The van der Waals surface area contributed by atoms with Crippen LogP contribution < -0.4 is 0 Å². The summed E-state index contributed by atoms with van der Waals surface area (Å²) in [6.45, 7) is 2.35. The second kappa shape index (κ2) is 12.7. The number of rotatable bonds is 5. The molecule has 0 saturated heterocycles. The first-order valence-electron chi connectivity index (χ1n) is 19.8. The molecule has 0 amide bonds. The van der Waals surface area contributed by atoms with Crippen LogP contribution in [0.25, 0.3) is 101 Å². The van der Waals surface area contributed by atoms with Crippen molar-refractivity contribution in [2.45, 2.75) is 13.0 Å². The van der Waals surface area contributed by atoms with Gasteiger partial charge in [0, 0.05) is 71.8 Å². The third-order valence-corrected chi connectivity index (χ3v) is 12.0. The molecule has 0 fully saturated rings. The molecule has 12 rings (SSSR count). The number of hydrogen-bond acceptors (Lipinski definition) is 4. The van der Waals surface area contributed by atoms with Gasteiger partial charge in [-0.25, -0.2) is 15.0 Å². The highest BCUT2D eigenvalue weighted by Crippen LogP contribution is 2.51. The fourth-order valence-electron chi connectivity index (χ4n) is 9.40. The van der Waals surface area contributed by atoms with Crippen LogP contribution in [0, 0.1) is 5.92 Å². The second-order valence-electron chi connectivity index (χ2n) is 15.2. The summed E-state index contributed by atoms with van der Waals surface area (Å²) in [5.74, 6) is 2.77. The number of fused-ring (bicyclic) bond motifs is 9. The molecule has 4 aromatic heterocycles. The van der Waals surface area contributed by atoms with Crippen LogP contribution in [0.4, 0.5) is 0 Å². The van der Waals surface area contributed by atoms with Gasteiger partial charge in [0.15, 0.2) is 17.5 Å². The summed E-state index contributed by atoms with van der Waals surface area (Å²) >= 11 is 0. The lowest BCUT2D eigenvalue weighted by molar-refractivity contribution is 0.401. The van der Waals surface area contributed by atoms with E-state index >= 15 is 0 Å². The molecule has 11 aromatic rings. The first-order chi connectivity index (χ1) is 28.7. The van der Waals surface area contributed by atoms with Crippen LogP contribution in [0.3, 0.4) is 0 Å². The molecule has 0 spiro atoms. The Morgan fingerprint density at radius 2 is 0.931 bits per heavy atom. The summed E-state index contributed by atoms with van der Waals surface area (Å²) in [5.41, 5.74) is 10.5. The smallest absolute Gasteiger partial charge is 0.164 e. The minimum Gasteiger partial charge on any atom is -0.458 e. The van der Waals surface area contributed by atoms with Crippen molar-refractivity contribution in [2.75, 3.05) is 0 Å². The van der Waals surface area contributed by atoms with E-state index in [1.54, 1.807) is 0 Å². The minimum atomic E-state index is -0.182. The molecule has 2 unspecified atom stereocenters. The van der Waals surface area contributed by atoms with E-state index in [0.29, 0.717) is 17.5 Å². The Kier molecular flexibility index (Phi) is 7.17. The molecule has 274 valence electrons. The number of para-hydroxylation sites is 4. The Balaban J connectivity index is 1.19. The van der Waals surface area contributed by atoms with Gasteiger partial charge in [-0.3, -0.25) is 0 Å². The Bertz CT molecular complexity index is 3260. The SMILES string of the molecule is CC1C(n2c3ccccc3c3ccccc32)=Cc2c(oc3cccc(-c4nc(-c5ccccc5)nc(-c5ccccc5)n4)c23)C1n1c2ccccc2c2ccccc21. The van der Waals surface area contributed by atoms with Gasteiger partial charge in [-0.05, 0) is 36.4 Å². The lowest BCUT2D eigenvalue weighted by Gasteiger charge is -2.33. The number of benzene rings is 7. The molecule has 0 bridgehead atoms. The van der Waals surface area contributed by atoms with Crippen molar-refractivity contribution in [2.24, 2.45) is 5.92 Å². The zero-order valence-electron chi connectivity index (χ0n) is 31.6. The van der Waals surface area contributed by atoms with Crippen molar-refractivity contribution in [3.8, 4) is 34.2 Å². The van der Waals surface area contributed by atoms with Gasteiger partial charge in [-0.15, -0.1) is 0 Å². The molecule has 2 atom stereocenters. The van der Waals surface area contributed by atoms with Gasteiger partial charge in [0.05, 0.1) is 11.0 Å². The number of furan rings is 1. The van der Waals surface area contributed by atoms with Gasteiger partial charge in [0.2, 0.25) is 0 Å². The molecule has 6 nitrogen and oxygen atoms in total. The molecule has 1 aliphatic rings. The normalized spacial score (nSPS) is 15.4. The van der Waals surface area contributed by atoms with Crippen molar-refractivity contribution >= 4 is 66.4 Å². The molecule has 1 aliphatic carbocycles. The maximum atomic E-state index is 7.18. The Labute approximate surface area is 334 Å². The van der Waals surface area contributed by atoms with Gasteiger partial charge in [-0.1, -0.05) is 153 Å². The van der Waals surface area contributed by atoms with Crippen LogP contribution in [0.1, 0.15) is 24.3 Å². The van der Waals surface area contributed by atoms with E-state index in [9.17, 15) is 0 Å². The number of aromatic nitrogens is 5. The van der Waals surface area contributed by atoms with Crippen LogP contribution in [0.5, 0.6) is 0 Å². The van der Waals surface area contributed by atoms with Gasteiger partial charge in [-0.2, -0.15) is 0 Å². The summed E-state index contributed by atoms with van der Waals surface area (Å²) in [4.78, 5) is 15.4. The molecule has 0 saturated carbocycles. The van der Waals surface area contributed by atoms with Gasteiger partial charge < -0.3 is 13.6 Å². The van der Waals surface area contributed by atoms with Crippen molar-refractivity contribution in [3.05, 3.63) is 187 Å². The largest absolute Gasteiger partial charge is 0.458 e. The maximum Gasteiger partial charge on any atom is 0.164 e. The lowest BCUT2D eigenvalue weighted by Crippen LogP contribution is -2.25. The molecule has 7 aromatic carbocycles. The highest BCUT2D eigenvalue weighted by Gasteiger charge is 2.38. The fraction of sp³-hybridized carbons (Fsp3) is 0.0577. The molecule has 6 heteroatoms. The predicted octanol–water partition coefficient (Wildman–Crippen LogP) is 13.1. The van der Waals surface area contributed by atoms with Crippen molar-refractivity contribution in [1.29, 1.82) is 0 Å². The molecule has 0 N–H and O–H groups in total. The van der Waals surface area contributed by atoms with Gasteiger partial charge in [0.1, 0.15) is 17.4 Å². The summed E-state index contributed by atoms with van der Waals surface area (Å²) in [7, 11) is 0. The van der Waals surface area contributed by atoms with E-state index < -0.39 is 0 Å². The topological polar surface area (TPSA) is 61.7 Å². The third-order valence-electron chi connectivity index (χ3n) is 12.0. The molecular formula is C52H35N5O. The standard InChI is InChI=1S/C52H35N5O/c1-32-45(56-41-26-12-8-21-35(41)36-22-9-13-27-42(36)56)31-40-47-39(52-54-50(33-17-4-2-5-18-33)53-51(55-52)34-19-6-3-7-20-34)25-16-30-46(47)58-49(40)48(32)57-43-28-14-10-23-37(43)38-24-11-15-29-44(38)57/h2-32,48H,1H3. The van der Waals surface area contributed by atoms with E-state index in [-0.39, 0.29) is 12.0 Å². The Morgan fingerprint density at radius 1 is 0.466 bits per heavy atom. The molecule has 0 radical (unpaired) electrons. The number of nitrogens with zero attached hydrogens (tertiary/aromatic N) is 5. The Hall–Kier alpha value is -7.57. The summed E-state index contributed by atoms with van der Waals surface area (Å²) in [6, 6.07) is 61.4. The van der Waals surface area contributed by atoms with Crippen LogP contribution in [0.2, 0.25) is 0 Å². The van der Waals surface area contributed by atoms with Gasteiger partial charge in [0.25, 0.3) is 0 Å². The Morgan fingerprint density at radius 3 is 1.48 bits per heavy atom. The van der Waals surface area contributed by atoms with Gasteiger partial charge >= 0.3 is 0 Å². The average molecular weight is 746 g/mol. The van der Waals surface area contributed by atoms with E-state index in [1.807, 2.05) is 60.7 Å². The third kappa shape index (κ3) is 4.81. The lowest BCUT2D eigenvalue weighted by atomic mass is 9.85. The molecule has 58 heavy (non-hydrogen) atoms. The van der Waals surface area contributed by atoms with E-state index in [4.69, 9.17) is 19.4 Å². The molecular weight excluding hydrogens is 711 g/mol. The predicted molar refractivity (Wildman–Crippen MR) is 236 cm³/mol. The zero-order chi connectivity index (χ0) is 38.3. The van der Waals surface area contributed by atoms with Crippen LogP contribution in [-0.4, -0.2) is 24.1 Å². The highest BCUT2D eigenvalue weighted by atomic mass is 16.3. The van der Waals surface area contributed by atoms with Crippen LogP contribution >= 0.6 is 0 Å². The van der Waals surface area contributed by atoms with Crippen LogP contribution in [-0.2, 0) is 0 Å². The quantitative estimate of drug-likeness (QED) is 0.176. The monoisotopic (exact) mass is 745 g/mol. The van der Waals surface area contributed by atoms with Crippen LogP contribution in [0.15, 0.2) is 180 Å². The van der Waals surface area contributed by atoms with Crippen molar-refractivity contribution in [1.82, 2.24) is 24.1 Å². The van der Waals surface area contributed by atoms with E-state index in [0.717, 1.165) is 39.0 Å².